The predicted molar refractivity (Wildman–Crippen MR) is 98.0 cm³/mol. The molecule has 8 nitrogen and oxygen atoms in total. The zero-order chi connectivity index (χ0) is 18.8. The molecule has 8 heteroatoms. The van der Waals surface area contributed by atoms with E-state index in [1.807, 2.05) is 25.7 Å². The summed E-state index contributed by atoms with van der Waals surface area (Å²) in [6, 6.07) is 1.76. The van der Waals surface area contributed by atoms with Crippen LogP contribution in [0.1, 0.15) is 49.8 Å². The molecular weight excluding hydrogens is 332 g/mol. The van der Waals surface area contributed by atoms with Crippen LogP contribution in [0.5, 0.6) is 0 Å². The monoisotopic (exact) mass is 358 g/mol. The third-order valence-electron chi connectivity index (χ3n) is 4.63. The zero-order valence-corrected chi connectivity index (χ0v) is 15.5. The number of hydrogen-bond donors (Lipinski definition) is 3. The van der Waals surface area contributed by atoms with E-state index in [-0.39, 0.29) is 17.9 Å². The van der Waals surface area contributed by atoms with Crippen molar-refractivity contribution in [3.8, 4) is 0 Å². The van der Waals surface area contributed by atoms with Gasteiger partial charge < -0.3 is 15.3 Å². The summed E-state index contributed by atoms with van der Waals surface area (Å²) >= 11 is 0. The van der Waals surface area contributed by atoms with Crippen molar-refractivity contribution in [2.24, 2.45) is 0 Å². The molecule has 3 heterocycles. The van der Waals surface area contributed by atoms with E-state index in [1.54, 1.807) is 24.7 Å². The van der Waals surface area contributed by atoms with Gasteiger partial charge in [0.25, 0.3) is 5.91 Å². The van der Waals surface area contributed by atoms with Crippen molar-refractivity contribution < 1.29 is 9.90 Å². The van der Waals surface area contributed by atoms with Crippen LogP contribution in [0.2, 0.25) is 0 Å². The second kappa shape index (κ2) is 7.03. The Kier molecular flexibility index (Phi) is 4.95. The van der Waals surface area contributed by atoms with Gasteiger partial charge in [-0.2, -0.15) is 5.10 Å². The number of aromatic nitrogens is 4. The Labute approximate surface area is 153 Å². The van der Waals surface area contributed by atoms with E-state index in [2.05, 4.69) is 25.5 Å². The Hall–Kier alpha value is -2.48. The van der Waals surface area contributed by atoms with E-state index in [0.29, 0.717) is 18.7 Å². The van der Waals surface area contributed by atoms with Gasteiger partial charge in [0.05, 0.1) is 11.8 Å². The van der Waals surface area contributed by atoms with Gasteiger partial charge in [-0.05, 0) is 18.9 Å². The molecule has 0 aromatic carbocycles. The molecule has 3 rings (SSSR count). The fourth-order valence-electron chi connectivity index (χ4n) is 3.06. The number of carbonyl (C=O) groups is 1. The number of carbonyl (C=O) groups excluding carboxylic acids is 1. The van der Waals surface area contributed by atoms with Crippen molar-refractivity contribution in [2.75, 3.05) is 24.5 Å². The van der Waals surface area contributed by atoms with Crippen molar-refractivity contribution in [3.63, 3.8) is 0 Å². The number of piperidine rings is 1. The molecule has 0 spiro atoms. The van der Waals surface area contributed by atoms with Crippen LogP contribution >= 0.6 is 0 Å². The van der Waals surface area contributed by atoms with Gasteiger partial charge in [-0.3, -0.25) is 14.9 Å². The highest BCUT2D eigenvalue weighted by Gasteiger charge is 2.34. The molecule has 2 aromatic rings. The molecular formula is C18H26N6O2. The molecule has 1 fully saturated rings. The minimum Gasteiger partial charge on any atom is -0.386 e. The maximum absolute atomic E-state index is 12.4. The first-order valence-corrected chi connectivity index (χ1v) is 8.84. The standard InChI is InChI=1S/C18H26N6O2/c1-17(2,3)14-9-13(22-23-14)16(25)21-11-18(26)5-4-8-24(12-18)15-10-19-6-7-20-15/h6-7,9-10,26H,4-5,8,11-12H2,1-3H3,(H,21,25)(H,22,23)/t18-/m0/s1. The summed E-state index contributed by atoms with van der Waals surface area (Å²) in [5, 5.41) is 20.7. The lowest BCUT2D eigenvalue weighted by Gasteiger charge is -2.39. The van der Waals surface area contributed by atoms with Gasteiger partial charge in [0, 0.05) is 43.1 Å². The van der Waals surface area contributed by atoms with Crippen molar-refractivity contribution in [3.05, 3.63) is 36.0 Å². The molecule has 1 aliphatic rings. The highest BCUT2D eigenvalue weighted by atomic mass is 16.3. The molecule has 0 unspecified atom stereocenters. The Morgan fingerprint density at radius 3 is 2.88 bits per heavy atom. The van der Waals surface area contributed by atoms with Crippen molar-refractivity contribution >= 4 is 11.7 Å². The van der Waals surface area contributed by atoms with Crippen LogP contribution in [0.25, 0.3) is 0 Å². The summed E-state index contributed by atoms with van der Waals surface area (Å²) in [7, 11) is 0. The number of aromatic amines is 1. The van der Waals surface area contributed by atoms with Crippen molar-refractivity contribution in [1.82, 2.24) is 25.5 Å². The molecule has 0 saturated carbocycles. The van der Waals surface area contributed by atoms with Crippen molar-refractivity contribution in [2.45, 2.75) is 44.6 Å². The van der Waals surface area contributed by atoms with E-state index in [4.69, 9.17) is 0 Å². The molecule has 3 N–H and O–H groups in total. The second-order valence-corrected chi connectivity index (χ2v) is 7.91. The number of aliphatic hydroxyl groups is 1. The third kappa shape index (κ3) is 4.19. The molecule has 140 valence electrons. The normalized spacial score (nSPS) is 20.8. The van der Waals surface area contributed by atoms with E-state index in [1.165, 1.54) is 0 Å². The Morgan fingerprint density at radius 2 is 2.23 bits per heavy atom. The molecule has 2 aromatic heterocycles. The number of nitrogens with one attached hydrogen (secondary N) is 2. The Balaban J connectivity index is 1.61. The van der Waals surface area contributed by atoms with Gasteiger partial charge in [0.2, 0.25) is 0 Å². The summed E-state index contributed by atoms with van der Waals surface area (Å²) in [6.45, 7) is 7.53. The van der Waals surface area contributed by atoms with Gasteiger partial charge in [-0.15, -0.1) is 0 Å². The van der Waals surface area contributed by atoms with Gasteiger partial charge >= 0.3 is 0 Å². The molecule has 1 aliphatic heterocycles. The molecule has 0 aliphatic carbocycles. The van der Waals surface area contributed by atoms with Gasteiger partial charge in [-0.1, -0.05) is 20.8 Å². The van der Waals surface area contributed by atoms with Gasteiger partial charge in [0.15, 0.2) is 0 Å². The predicted octanol–water partition coefficient (Wildman–Crippen LogP) is 1.26. The number of β-amino-alcohol motifs (C(OH)–C–C–N with tert-alkyl or cyclic N) is 1. The first-order valence-electron chi connectivity index (χ1n) is 8.84. The largest absolute Gasteiger partial charge is 0.386 e. The molecule has 26 heavy (non-hydrogen) atoms. The Morgan fingerprint density at radius 1 is 1.42 bits per heavy atom. The smallest absolute Gasteiger partial charge is 0.271 e. The highest BCUT2D eigenvalue weighted by molar-refractivity contribution is 5.92. The first-order chi connectivity index (χ1) is 12.3. The Bertz CT molecular complexity index is 755. The van der Waals surface area contributed by atoms with Gasteiger partial charge in [-0.25, -0.2) is 4.98 Å². The second-order valence-electron chi connectivity index (χ2n) is 7.91. The minimum atomic E-state index is -1.01. The van der Waals surface area contributed by atoms with E-state index in [9.17, 15) is 9.90 Å². The van der Waals surface area contributed by atoms with Crippen LogP contribution in [0, 0.1) is 0 Å². The lowest BCUT2D eigenvalue weighted by Crippen LogP contribution is -2.54. The number of H-pyrrole nitrogens is 1. The molecule has 1 saturated heterocycles. The van der Waals surface area contributed by atoms with Crippen molar-refractivity contribution in [1.29, 1.82) is 0 Å². The number of rotatable bonds is 4. The lowest BCUT2D eigenvalue weighted by molar-refractivity contribution is 0.0253. The average Bonchev–Trinajstić information content (AvgIpc) is 3.11. The number of anilines is 1. The quantitative estimate of drug-likeness (QED) is 0.759. The van der Waals surface area contributed by atoms with E-state index < -0.39 is 5.60 Å². The first kappa shape index (κ1) is 18.3. The number of nitrogens with zero attached hydrogens (tertiary/aromatic N) is 4. The molecule has 1 atom stereocenters. The fourth-order valence-corrected chi connectivity index (χ4v) is 3.06. The maximum atomic E-state index is 12.4. The average molecular weight is 358 g/mol. The van der Waals surface area contributed by atoms with Crippen LogP contribution in [0.4, 0.5) is 5.82 Å². The summed E-state index contributed by atoms with van der Waals surface area (Å²) < 4.78 is 0. The summed E-state index contributed by atoms with van der Waals surface area (Å²) in [5.41, 5.74) is 0.117. The van der Waals surface area contributed by atoms with Crippen LogP contribution in [0.3, 0.4) is 0 Å². The van der Waals surface area contributed by atoms with Gasteiger partial charge in [0.1, 0.15) is 11.5 Å². The van der Waals surface area contributed by atoms with Crippen LogP contribution in [-0.4, -0.2) is 56.4 Å². The van der Waals surface area contributed by atoms with Crippen LogP contribution in [0.15, 0.2) is 24.7 Å². The minimum absolute atomic E-state index is 0.107. The molecule has 1 amide bonds. The topological polar surface area (TPSA) is 107 Å². The highest BCUT2D eigenvalue weighted by Crippen LogP contribution is 2.24. The number of hydrogen-bond acceptors (Lipinski definition) is 6. The van der Waals surface area contributed by atoms with Crippen LogP contribution in [-0.2, 0) is 5.41 Å². The maximum Gasteiger partial charge on any atom is 0.271 e. The summed E-state index contributed by atoms with van der Waals surface area (Å²) in [4.78, 5) is 22.7. The van der Waals surface area contributed by atoms with Crippen LogP contribution < -0.4 is 10.2 Å². The molecule has 0 radical (unpaired) electrons. The lowest BCUT2D eigenvalue weighted by atomic mass is 9.92. The summed E-state index contributed by atoms with van der Waals surface area (Å²) in [5.74, 6) is 0.445. The molecule has 0 bridgehead atoms. The SMILES string of the molecule is CC(C)(C)c1cc(C(=O)NC[C@@]2(O)CCCN(c3cnccn3)C2)n[nH]1. The zero-order valence-electron chi connectivity index (χ0n) is 15.5. The fraction of sp³-hybridized carbons (Fsp3) is 0.556. The van der Waals surface area contributed by atoms with E-state index in [0.717, 1.165) is 24.5 Å². The third-order valence-corrected chi connectivity index (χ3v) is 4.63. The van der Waals surface area contributed by atoms with E-state index >= 15 is 0 Å². The number of amides is 1. The summed E-state index contributed by atoms with van der Waals surface area (Å²) in [6.07, 6.45) is 6.38.